The molecule has 0 bridgehead atoms. The smallest absolute Gasteiger partial charge is 0.435 e. The Labute approximate surface area is 89.7 Å². The number of rotatable bonds is 5. The summed E-state index contributed by atoms with van der Waals surface area (Å²) in [5, 5.41) is 0. The van der Waals surface area contributed by atoms with Gasteiger partial charge in [-0.25, -0.2) is 4.79 Å². The molecule has 0 amide bonds. The summed E-state index contributed by atoms with van der Waals surface area (Å²) in [7, 11) is 0. The van der Waals surface area contributed by atoms with E-state index >= 15 is 0 Å². The molecule has 0 spiro atoms. The number of ether oxygens (including phenoxy) is 3. The fourth-order valence-electron chi connectivity index (χ4n) is 0.756. The fraction of sp³-hybridized carbons (Fsp3) is 0.800. The molecule has 15 heavy (non-hydrogen) atoms. The van der Waals surface area contributed by atoms with Crippen LogP contribution in [0.4, 0.5) is 4.79 Å². The molecule has 1 unspecified atom stereocenters. The molecule has 1 atom stereocenters. The van der Waals surface area contributed by atoms with Gasteiger partial charge in [0.25, 0.3) is 6.29 Å². The Morgan fingerprint density at radius 1 is 1.13 bits per heavy atom. The molecule has 0 aliphatic carbocycles. The molecule has 5 heteroatoms. The first kappa shape index (κ1) is 13.7. The van der Waals surface area contributed by atoms with Crippen LogP contribution in [0.2, 0.25) is 0 Å². The Bertz CT molecular complexity index is 212. The van der Waals surface area contributed by atoms with Gasteiger partial charge in [0.1, 0.15) is 0 Å². The molecule has 0 saturated heterocycles. The fourth-order valence-corrected chi connectivity index (χ4v) is 0.756. The number of carbonyl (C=O) groups excluding carboxylic acids is 2. The van der Waals surface area contributed by atoms with E-state index in [1.807, 2.05) is 0 Å². The van der Waals surface area contributed by atoms with Gasteiger partial charge in [-0.05, 0) is 6.92 Å². The van der Waals surface area contributed by atoms with Crippen molar-refractivity contribution in [2.45, 2.75) is 40.4 Å². The van der Waals surface area contributed by atoms with E-state index in [-0.39, 0.29) is 18.9 Å². The standard InChI is InChI=1S/C10H18O5/c1-5-8(11)14-9(7(3)4)15-10(12)13-6-2/h7,9H,5-6H2,1-4H3. The first-order valence-electron chi connectivity index (χ1n) is 5.04. The van der Waals surface area contributed by atoms with Crippen LogP contribution in [0.25, 0.3) is 0 Å². The molecule has 0 N–H and O–H groups in total. The molecule has 88 valence electrons. The molecule has 0 aliphatic heterocycles. The highest BCUT2D eigenvalue weighted by molar-refractivity contribution is 5.69. The number of hydrogen-bond acceptors (Lipinski definition) is 5. The minimum Gasteiger partial charge on any atom is -0.435 e. The summed E-state index contributed by atoms with van der Waals surface area (Å²) in [5.74, 6) is -0.511. The summed E-state index contributed by atoms with van der Waals surface area (Å²) in [4.78, 5) is 22.0. The first-order chi connectivity index (χ1) is 7.01. The van der Waals surface area contributed by atoms with E-state index in [1.165, 1.54) is 0 Å². The Morgan fingerprint density at radius 2 is 1.73 bits per heavy atom. The lowest BCUT2D eigenvalue weighted by atomic mass is 10.2. The third kappa shape index (κ3) is 5.93. The number of carbonyl (C=O) groups is 2. The van der Waals surface area contributed by atoms with Gasteiger partial charge in [-0.1, -0.05) is 20.8 Å². The maximum Gasteiger partial charge on any atom is 0.511 e. The third-order valence-electron chi connectivity index (χ3n) is 1.56. The van der Waals surface area contributed by atoms with Crippen LogP contribution in [0.3, 0.4) is 0 Å². The van der Waals surface area contributed by atoms with Crippen molar-refractivity contribution < 1.29 is 23.8 Å². The van der Waals surface area contributed by atoms with Gasteiger partial charge in [0.15, 0.2) is 0 Å². The van der Waals surface area contributed by atoms with E-state index < -0.39 is 18.4 Å². The van der Waals surface area contributed by atoms with E-state index in [0.717, 1.165) is 0 Å². The zero-order valence-electron chi connectivity index (χ0n) is 9.61. The van der Waals surface area contributed by atoms with Crippen molar-refractivity contribution in [2.75, 3.05) is 6.61 Å². The summed E-state index contributed by atoms with van der Waals surface area (Å²) in [6, 6.07) is 0. The van der Waals surface area contributed by atoms with Crippen molar-refractivity contribution in [3.63, 3.8) is 0 Å². The van der Waals surface area contributed by atoms with Gasteiger partial charge >= 0.3 is 12.1 Å². The average molecular weight is 218 g/mol. The predicted molar refractivity (Wildman–Crippen MR) is 53.1 cm³/mol. The normalized spacial score (nSPS) is 12.1. The lowest BCUT2D eigenvalue weighted by molar-refractivity contribution is -0.178. The summed E-state index contributed by atoms with van der Waals surface area (Å²) in [6.07, 6.45) is -1.45. The third-order valence-corrected chi connectivity index (χ3v) is 1.56. The molecule has 0 aromatic carbocycles. The molecule has 0 aromatic rings. The van der Waals surface area contributed by atoms with Crippen molar-refractivity contribution in [1.29, 1.82) is 0 Å². The van der Waals surface area contributed by atoms with Crippen LogP contribution in [-0.4, -0.2) is 25.0 Å². The zero-order chi connectivity index (χ0) is 11.8. The van der Waals surface area contributed by atoms with Crippen molar-refractivity contribution in [3.8, 4) is 0 Å². The monoisotopic (exact) mass is 218 g/mol. The number of esters is 1. The highest BCUT2D eigenvalue weighted by Crippen LogP contribution is 2.10. The maximum absolute atomic E-state index is 11.0. The highest BCUT2D eigenvalue weighted by Gasteiger charge is 2.22. The van der Waals surface area contributed by atoms with Crippen LogP contribution in [0, 0.1) is 5.92 Å². The molecule has 0 aliphatic rings. The van der Waals surface area contributed by atoms with Gasteiger partial charge in [0.2, 0.25) is 0 Å². The van der Waals surface area contributed by atoms with Gasteiger partial charge in [-0.15, -0.1) is 0 Å². The predicted octanol–water partition coefficient (Wildman–Crippen LogP) is 2.09. The van der Waals surface area contributed by atoms with Crippen molar-refractivity contribution >= 4 is 12.1 Å². The zero-order valence-corrected chi connectivity index (χ0v) is 9.61. The molecule has 0 aromatic heterocycles. The summed E-state index contributed by atoms with van der Waals surface area (Å²) < 4.78 is 14.3. The van der Waals surface area contributed by atoms with Gasteiger partial charge < -0.3 is 14.2 Å². The van der Waals surface area contributed by atoms with E-state index in [4.69, 9.17) is 9.47 Å². The second-order valence-corrected chi connectivity index (χ2v) is 3.26. The van der Waals surface area contributed by atoms with Gasteiger partial charge in [-0.3, -0.25) is 4.79 Å². The molecular weight excluding hydrogens is 200 g/mol. The van der Waals surface area contributed by atoms with Crippen LogP contribution in [0.5, 0.6) is 0 Å². The average Bonchev–Trinajstić information content (AvgIpc) is 2.16. The van der Waals surface area contributed by atoms with E-state index in [1.54, 1.807) is 27.7 Å². The second-order valence-electron chi connectivity index (χ2n) is 3.26. The molecule has 0 rings (SSSR count). The molecular formula is C10H18O5. The Balaban J connectivity index is 4.16. The summed E-state index contributed by atoms with van der Waals surface area (Å²) >= 11 is 0. The van der Waals surface area contributed by atoms with Crippen LogP contribution in [0.1, 0.15) is 34.1 Å². The molecule has 0 heterocycles. The topological polar surface area (TPSA) is 61.8 Å². The Hall–Kier alpha value is -1.26. The van der Waals surface area contributed by atoms with Crippen molar-refractivity contribution in [3.05, 3.63) is 0 Å². The maximum atomic E-state index is 11.0. The number of hydrogen-bond donors (Lipinski definition) is 0. The lowest BCUT2D eigenvalue weighted by Gasteiger charge is -2.20. The lowest BCUT2D eigenvalue weighted by Crippen LogP contribution is -2.29. The van der Waals surface area contributed by atoms with Crippen LogP contribution < -0.4 is 0 Å². The molecule has 5 nitrogen and oxygen atoms in total. The van der Waals surface area contributed by atoms with Gasteiger partial charge in [-0.2, -0.15) is 0 Å². The first-order valence-corrected chi connectivity index (χ1v) is 5.04. The van der Waals surface area contributed by atoms with E-state index in [9.17, 15) is 9.59 Å². The molecule has 0 fully saturated rings. The second kappa shape index (κ2) is 7.09. The summed E-state index contributed by atoms with van der Waals surface area (Å²) in [5.41, 5.74) is 0. The van der Waals surface area contributed by atoms with Gasteiger partial charge in [0, 0.05) is 12.3 Å². The molecule has 0 saturated carbocycles. The SMILES string of the molecule is CCOC(=O)OC(OC(=O)CC)C(C)C. The minimum atomic E-state index is -0.878. The Kier molecular flexibility index (Phi) is 6.49. The van der Waals surface area contributed by atoms with Crippen molar-refractivity contribution in [2.24, 2.45) is 5.92 Å². The van der Waals surface area contributed by atoms with Crippen LogP contribution >= 0.6 is 0 Å². The van der Waals surface area contributed by atoms with Crippen molar-refractivity contribution in [1.82, 2.24) is 0 Å². The van der Waals surface area contributed by atoms with Crippen LogP contribution in [0.15, 0.2) is 0 Å². The highest BCUT2D eigenvalue weighted by atomic mass is 16.8. The van der Waals surface area contributed by atoms with Crippen LogP contribution in [-0.2, 0) is 19.0 Å². The summed E-state index contributed by atoms with van der Waals surface area (Å²) in [6.45, 7) is 7.14. The quantitative estimate of drug-likeness (QED) is 0.522. The Morgan fingerprint density at radius 3 is 2.13 bits per heavy atom. The van der Waals surface area contributed by atoms with Gasteiger partial charge in [0.05, 0.1) is 6.61 Å². The van der Waals surface area contributed by atoms with E-state index in [0.29, 0.717) is 0 Å². The largest absolute Gasteiger partial charge is 0.511 e. The minimum absolute atomic E-state index is 0.107. The molecule has 0 radical (unpaired) electrons. The van der Waals surface area contributed by atoms with E-state index in [2.05, 4.69) is 4.74 Å².